The molecule has 0 radical (unpaired) electrons. The maximum atomic E-state index is 12.5. The molecule has 1 aromatic heterocycles. The van der Waals surface area contributed by atoms with Gasteiger partial charge in [-0.25, -0.2) is 0 Å². The molecule has 0 unspecified atom stereocenters. The van der Waals surface area contributed by atoms with Crippen molar-refractivity contribution < 1.29 is 9.53 Å². The van der Waals surface area contributed by atoms with E-state index >= 15 is 0 Å². The number of hydrogen-bond acceptors (Lipinski definition) is 7. The highest BCUT2D eigenvalue weighted by Gasteiger charge is 2.25. The number of nitrogens with one attached hydrogen (secondary N) is 1. The van der Waals surface area contributed by atoms with E-state index in [0.29, 0.717) is 22.7 Å². The molecule has 1 amide bonds. The summed E-state index contributed by atoms with van der Waals surface area (Å²) in [5.41, 5.74) is 0.922. The van der Waals surface area contributed by atoms with E-state index in [-0.39, 0.29) is 5.91 Å². The van der Waals surface area contributed by atoms with Crippen LogP contribution in [0.2, 0.25) is 0 Å². The molecule has 26 heavy (non-hydrogen) atoms. The number of amides is 1. The minimum absolute atomic E-state index is 0.188. The van der Waals surface area contributed by atoms with Crippen LogP contribution in [0.1, 0.15) is 20.3 Å². The van der Waals surface area contributed by atoms with Gasteiger partial charge >= 0.3 is 0 Å². The second-order valence-electron chi connectivity index (χ2n) is 6.76. The molecule has 2 atom stereocenters. The topological polar surface area (TPSA) is 67.3 Å². The van der Waals surface area contributed by atoms with Gasteiger partial charge in [-0.3, -0.25) is 4.79 Å². The number of ether oxygens (including phenoxy) is 1. The molecule has 2 aromatic rings. The number of carbonyl (C=O) groups excluding carboxylic acids is 1. The van der Waals surface area contributed by atoms with Crippen molar-refractivity contribution in [3.63, 3.8) is 0 Å². The van der Waals surface area contributed by atoms with Gasteiger partial charge in [-0.15, -0.1) is 10.2 Å². The van der Waals surface area contributed by atoms with Gasteiger partial charge in [0.25, 0.3) is 0 Å². The van der Waals surface area contributed by atoms with Gasteiger partial charge in [-0.05, 0) is 42.5 Å². The van der Waals surface area contributed by atoms with Crippen molar-refractivity contribution in [3.05, 3.63) is 24.3 Å². The third-order valence-electron chi connectivity index (χ3n) is 4.29. The number of thioether (sulfide) groups is 1. The number of methoxy groups -OCH3 is 1. The van der Waals surface area contributed by atoms with Crippen molar-refractivity contribution in [2.45, 2.75) is 24.6 Å². The molecule has 1 aliphatic rings. The van der Waals surface area contributed by atoms with E-state index in [9.17, 15) is 4.79 Å². The second-order valence-corrected chi connectivity index (χ2v) is 8.96. The normalized spacial score (nSPS) is 20.0. The van der Waals surface area contributed by atoms with Crippen molar-refractivity contribution in [2.75, 3.05) is 31.3 Å². The summed E-state index contributed by atoms with van der Waals surface area (Å²) in [7, 11) is 1.64. The lowest BCUT2D eigenvalue weighted by molar-refractivity contribution is -0.130. The minimum Gasteiger partial charge on any atom is -0.497 e. The van der Waals surface area contributed by atoms with E-state index in [1.54, 1.807) is 7.11 Å². The fourth-order valence-corrected chi connectivity index (χ4v) is 4.87. The van der Waals surface area contributed by atoms with Crippen LogP contribution < -0.4 is 10.1 Å². The van der Waals surface area contributed by atoms with E-state index in [2.05, 4.69) is 29.4 Å². The summed E-state index contributed by atoms with van der Waals surface area (Å²) in [6, 6.07) is 7.63. The van der Waals surface area contributed by atoms with Crippen molar-refractivity contribution in [3.8, 4) is 5.75 Å². The number of anilines is 2. The van der Waals surface area contributed by atoms with Crippen molar-refractivity contribution in [2.24, 2.45) is 11.8 Å². The highest BCUT2D eigenvalue weighted by Crippen LogP contribution is 2.29. The first kappa shape index (κ1) is 19.0. The van der Waals surface area contributed by atoms with Gasteiger partial charge < -0.3 is 15.0 Å². The zero-order valence-electron chi connectivity index (χ0n) is 15.3. The molecule has 1 aliphatic heterocycles. The average Bonchev–Trinajstić information content (AvgIpc) is 3.07. The Morgan fingerprint density at radius 3 is 2.62 bits per heavy atom. The fraction of sp³-hybridized carbons (Fsp3) is 0.500. The number of carbonyl (C=O) groups is 1. The second kappa shape index (κ2) is 8.73. The lowest BCUT2D eigenvalue weighted by Crippen LogP contribution is -2.43. The number of hydrogen-bond donors (Lipinski definition) is 1. The van der Waals surface area contributed by atoms with Crippen LogP contribution in [0.4, 0.5) is 10.8 Å². The molecule has 1 fully saturated rings. The number of rotatable bonds is 6. The molecule has 3 rings (SSSR count). The van der Waals surface area contributed by atoms with E-state index < -0.39 is 0 Å². The lowest BCUT2D eigenvalue weighted by atomic mass is 9.92. The maximum absolute atomic E-state index is 12.5. The first-order valence-corrected chi connectivity index (χ1v) is 10.5. The summed E-state index contributed by atoms with van der Waals surface area (Å²) in [4.78, 5) is 14.4. The van der Waals surface area contributed by atoms with Crippen LogP contribution in [-0.2, 0) is 4.79 Å². The number of nitrogens with zero attached hydrogens (tertiary/aromatic N) is 3. The van der Waals surface area contributed by atoms with Crippen molar-refractivity contribution in [1.29, 1.82) is 0 Å². The number of aromatic nitrogens is 2. The maximum Gasteiger partial charge on any atom is 0.233 e. The summed E-state index contributed by atoms with van der Waals surface area (Å²) in [5, 5.41) is 12.2. The highest BCUT2D eigenvalue weighted by molar-refractivity contribution is 8.01. The van der Waals surface area contributed by atoms with Crippen molar-refractivity contribution >= 4 is 39.8 Å². The quantitative estimate of drug-likeness (QED) is 0.753. The molecule has 0 spiro atoms. The Bertz CT molecular complexity index is 725. The standard InChI is InChI=1S/C18H24N4O2S2/c1-12-8-13(2)10-22(9-12)16(23)11-25-18-21-20-17(26-18)19-14-4-6-15(24-3)7-5-14/h4-7,12-13H,8-11H2,1-3H3,(H,19,20)/t12-,13-/m1/s1. The van der Waals surface area contributed by atoms with Gasteiger partial charge in [0.1, 0.15) is 5.75 Å². The predicted molar refractivity (Wildman–Crippen MR) is 106 cm³/mol. The Kier molecular flexibility index (Phi) is 6.37. The van der Waals surface area contributed by atoms with E-state index in [1.807, 2.05) is 29.2 Å². The highest BCUT2D eigenvalue weighted by atomic mass is 32.2. The molecule has 8 heteroatoms. The molecule has 1 aromatic carbocycles. The first-order chi connectivity index (χ1) is 12.5. The SMILES string of the molecule is COc1ccc(Nc2nnc(SCC(=O)N3C[C@H](C)C[C@@H](C)C3)s2)cc1. The first-order valence-electron chi connectivity index (χ1n) is 8.68. The zero-order chi connectivity index (χ0) is 18.5. The number of likely N-dealkylation sites (tertiary alicyclic amines) is 1. The van der Waals surface area contributed by atoms with Crippen LogP contribution in [0.25, 0.3) is 0 Å². The van der Waals surface area contributed by atoms with Gasteiger partial charge in [0, 0.05) is 18.8 Å². The summed E-state index contributed by atoms with van der Waals surface area (Å²) >= 11 is 2.91. The smallest absolute Gasteiger partial charge is 0.233 e. The van der Waals surface area contributed by atoms with Crippen LogP contribution in [0.5, 0.6) is 5.75 Å². The fourth-order valence-electron chi connectivity index (χ4n) is 3.20. The Morgan fingerprint density at radius 2 is 1.96 bits per heavy atom. The van der Waals surface area contributed by atoms with Gasteiger partial charge in [0.15, 0.2) is 4.34 Å². The van der Waals surface area contributed by atoms with Crippen LogP contribution in [0.15, 0.2) is 28.6 Å². The van der Waals surface area contributed by atoms with Gasteiger partial charge in [-0.2, -0.15) is 0 Å². The summed E-state index contributed by atoms with van der Waals surface area (Å²) < 4.78 is 5.95. The Balaban J connectivity index is 1.50. The predicted octanol–water partition coefficient (Wildman–Crippen LogP) is 3.89. The third kappa shape index (κ3) is 5.11. The van der Waals surface area contributed by atoms with Gasteiger partial charge in [-0.1, -0.05) is 36.9 Å². The van der Waals surface area contributed by atoms with E-state index in [4.69, 9.17) is 4.74 Å². The summed E-state index contributed by atoms with van der Waals surface area (Å²) in [5.74, 6) is 2.57. The van der Waals surface area contributed by atoms with Gasteiger partial charge in [0.05, 0.1) is 12.9 Å². The van der Waals surface area contributed by atoms with Crippen LogP contribution in [0.3, 0.4) is 0 Å². The lowest BCUT2D eigenvalue weighted by Gasteiger charge is -2.34. The molecular weight excluding hydrogens is 368 g/mol. The number of benzene rings is 1. The van der Waals surface area contributed by atoms with Crippen LogP contribution in [0, 0.1) is 11.8 Å². The van der Waals surface area contributed by atoms with Crippen LogP contribution in [-0.4, -0.2) is 47.0 Å². The molecule has 1 saturated heterocycles. The summed E-state index contributed by atoms with van der Waals surface area (Å²) in [6.45, 7) is 6.16. The Hall–Kier alpha value is -1.80. The number of piperidine rings is 1. The minimum atomic E-state index is 0.188. The molecular formula is C18H24N4O2S2. The van der Waals surface area contributed by atoms with Crippen LogP contribution >= 0.6 is 23.1 Å². The third-order valence-corrected chi connectivity index (χ3v) is 6.25. The summed E-state index contributed by atoms with van der Waals surface area (Å²) in [6.07, 6.45) is 1.20. The molecule has 0 bridgehead atoms. The molecule has 140 valence electrons. The molecule has 0 saturated carbocycles. The molecule has 0 aliphatic carbocycles. The van der Waals surface area contributed by atoms with E-state index in [0.717, 1.165) is 28.9 Å². The van der Waals surface area contributed by atoms with E-state index in [1.165, 1.54) is 29.5 Å². The average molecular weight is 393 g/mol. The monoisotopic (exact) mass is 392 g/mol. The van der Waals surface area contributed by atoms with Crippen molar-refractivity contribution in [1.82, 2.24) is 15.1 Å². The Morgan fingerprint density at radius 1 is 1.27 bits per heavy atom. The largest absolute Gasteiger partial charge is 0.497 e. The molecule has 6 nitrogen and oxygen atoms in total. The Labute approximate surface area is 162 Å². The molecule has 2 heterocycles. The zero-order valence-corrected chi connectivity index (χ0v) is 16.9. The van der Waals surface area contributed by atoms with Gasteiger partial charge in [0.2, 0.25) is 11.0 Å². The molecule has 1 N–H and O–H groups in total.